The smallest absolute Gasteiger partial charge is 0.202 e. The summed E-state index contributed by atoms with van der Waals surface area (Å²) in [5.41, 5.74) is 1.40. The van der Waals surface area contributed by atoms with Crippen LogP contribution in [0, 0.1) is 0 Å². The van der Waals surface area contributed by atoms with Crippen LogP contribution in [0.15, 0.2) is 40.7 Å². The molecule has 2 aromatic heterocycles. The Balaban J connectivity index is 1.95. The van der Waals surface area contributed by atoms with Crippen molar-refractivity contribution in [2.75, 3.05) is 0 Å². The highest BCUT2D eigenvalue weighted by Crippen LogP contribution is 2.43. The lowest BCUT2D eigenvalue weighted by molar-refractivity contribution is -0.00922. The maximum absolute atomic E-state index is 10.9. The molecule has 0 saturated heterocycles. The third-order valence-corrected chi connectivity index (χ3v) is 5.48. The molecule has 1 aromatic carbocycles. The summed E-state index contributed by atoms with van der Waals surface area (Å²) in [6.07, 6.45) is 0. The molecule has 0 fully saturated rings. The maximum atomic E-state index is 10.9. The number of benzene rings is 1. The molecule has 5 nitrogen and oxygen atoms in total. The van der Waals surface area contributed by atoms with E-state index in [1.165, 1.54) is 11.3 Å². The van der Waals surface area contributed by atoms with E-state index in [1.54, 1.807) is 6.92 Å². The van der Waals surface area contributed by atoms with Crippen molar-refractivity contribution >= 4 is 28.1 Å². The van der Waals surface area contributed by atoms with Crippen LogP contribution >= 0.6 is 11.3 Å². The van der Waals surface area contributed by atoms with Gasteiger partial charge in [0.25, 0.3) is 0 Å². The lowest BCUT2D eigenvalue weighted by atomic mass is 9.76. The van der Waals surface area contributed by atoms with Crippen LogP contribution in [0.1, 0.15) is 37.0 Å². The molecule has 0 aliphatic carbocycles. The normalized spacial score (nSPS) is 22.7. The van der Waals surface area contributed by atoms with E-state index < -0.39 is 11.1 Å². The average molecular weight is 324 g/mol. The number of nitrogens with zero attached hydrogens (tertiary/aromatic N) is 4. The molecule has 0 radical (unpaired) electrons. The molecule has 23 heavy (non-hydrogen) atoms. The fourth-order valence-corrected chi connectivity index (χ4v) is 3.76. The van der Waals surface area contributed by atoms with Crippen molar-refractivity contribution in [1.82, 2.24) is 15.2 Å². The first kappa shape index (κ1) is 14.4. The molecule has 4 rings (SSSR count). The highest BCUT2D eigenvalue weighted by atomic mass is 32.1. The minimum Gasteiger partial charge on any atom is -0.383 e. The van der Waals surface area contributed by atoms with Crippen LogP contribution in [0.5, 0.6) is 0 Å². The highest BCUT2D eigenvalue weighted by molar-refractivity contribution is 7.12. The molecule has 0 amide bonds. The Morgan fingerprint density at radius 3 is 2.52 bits per heavy atom. The summed E-state index contributed by atoms with van der Waals surface area (Å²) in [7, 11) is 0. The zero-order valence-corrected chi connectivity index (χ0v) is 13.9. The molecule has 3 aromatic rings. The van der Waals surface area contributed by atoms with Gasteiger partial charge in [-0.25, -0.2) is 4.98 Å². The standard InChI is InChI=1S/C17H16N4OS/c1-16(2)17(3,22)10-8-9-23-14(10)13(19-16)15-18-11-6-4-5-7-12(11)20-21-15/h4-9,22H,1-3H3. The number of para-hydroxylation sites is 1. The van der Waals surface area contributed by atoms with E-state index in [2.05, 4.69) is 15.2 Å². The summed E-state index contributed by atoms with van der Waals surface area (Å²) in [6.45, 7) is 5.64. The maximum Gasteiger partial charge on any atom is 0.202 e. The van der Waals surface area contributed by atoms with Gasteiger partial charge in [0, 0.05) is 5.56 Å². The number of aromatic nitrogens is 3. The largest absolute Gasteiger partial charge is 0.383 e. The molecular formula is C17H16N4OS. The van der Waals surface area contributed by atoms with Gasteiger partial charge in [-0.1, -0.05) is 12.1 Å². The van der Waals surface area contributed by atoms with Crippen molar-refractivity contribution in [3.8, 4) is 0 Å². The first-order valence-corrected chi connectivity index (χ1v) is 8.28. The van der Waals surface area contributed by atoms with E-state index >= 15 is 0 Å². The third-order valence-electron chi connectivity index (χ3n) is 4.56. The van der Waals surface area contributed by atoms with Gasteiger partial charge in [-0.3, -0.25) is 4.99 Å². The van der Waals surface area contributed by atoms with Crippen LogP contribution in [0.4, 0.5) is 0 Å². The van der Waals surface area contributed by atoms with E-state index in [-0.39, 0.29) is 0 Å². The van der Waals surface area contributed by atoms with Gasteiger partial charge in [0.15, 0.2) is 0 Å². The van der Waals surface area contributed by atoms with E-state index in [0.717, 1.165) is 21.5 Å². The van der Waals surface area contributed by atoms with E-state index in [0.29, 0.717) is 11.5 Å². The SMILES string of the molecule is CC1(C)N=C(c2nnc3ccccc3n2)c2sccc2C1(C)O. The Bertz CT molecular complexity index is 942. The zero-order valence-electron chi connectivity index (χ0n) is 13.1. The van der Waals surface area contributed by atoms with Crippen molar-refractivity contribution in [3.63, 3.8) is 0 Å². The lowest BCUT2D eigenvalue weighted by Crippen LogP contribution is -2.47. The van der Waals surface area contributed by atoms with Crippen molar-refractivity contribution in [3.05, 3.63) is 52.0 Å². The predicted molar refractivity (Wildman–Crippen MR) is 90.9 cm³/mol. The minimum atomic E-state index is -1.03. The number of hydrogen-bond donors (Lipinski definition) is 1. The summed E-state index contributed by atoms with van der Waals surface area (Å²) in [6, 6.07) is 9.58. The van der Waals surface area contributed by atoms with Gasteiger partial charge in [0.1, 0.15) is 16.8 Å². The van der Waals surface area contributed by atoms with Crippen LogP contribution in [-0.2, 0) is 5.60 Å². The minimum absolute atomic E-state index is 0.496. The fourth-order valence-electron chi connectivity index (χ4n) is 2.78. The van der Waals surface area contributed by atoms with Crippen LogP contribution in [0.2, 0.25) is 0 Å². The number of rotatable bonds is 1. The van der Waals surface area contributed by atoms with Crippen molar-refractivity contribution in [1.29, 1.82) is 0 Å². The number of fused-ring (bicyclic) bond motifs is 2. The Labute approximate surface area is 137 Å². The number of aliphatic imine (C=N–C) groups is 1. The number of hydrogen-bond acceptors (Lipinski definition) is 6. The molecule has 1 aliphatic heterocycles. The van der Waals surface area contributed by atoms with Crippen molar-refractivity contribution < 1.29 is 5.11 Å². The Hall–Kier alpha value is -2.18. The molecule has 6 heteroatoms. The molecule has 0 saturated carbocycles. The lowest BCUT2D eigenvalue weighted by Gasteiger charge is -2.40. The first-order valence-electron chi connectivity index (χ1n) is 7.40. The van der Waals surface area contributed by atoms with Gasteiger partial charge in [0.2, 0.25) is 5.82 Å². The predicted octanol–water partition coefficient (Wildman–Crippen LogP) is 2.92. The Morgan fingerprint density at radius 1 is 1.00 bits per heavy atom. The second-order valence-corrected chi connectivity index (χ2v) is 7.30. The summed E-state index contributed by atoms with van der Waals surface area (Å²) in [4.78, 5) is 10.3. The fraction of sp³-hybridized carbons (Fsp3) is 0.294. The Morgan fingerprint density at radius 2 is 1.74 bits per heavy atom. The van der Waals surface area contributed by atoms with E-state index in [4.69, 9.17) is 4.99 Å². The molecule has 116 valence electrons. The van der Waals surface area contributed by atoms with E-state index in [1.807, 2.05) is 49.6 Å². The van der Waals surface area contributed by atoms with Gasteiger partial charge < -0.3 is 5.11 Å². The van der Waals surface area contributed by atoms with Crippen LogP contribution in [0.25, 0.3) is 11.0 Å². The van der Waals surface area contributed by atoms with Gasteiger partial charge in [-0.2, -0.15) is 0 Å². The van der Waals surface area contributed by atoms with Gasteiger partial charge in [0.05, 0.1) is 15.9 Å². The first-order chi connectivity index (χ1) is 10.9. The zero-order chi connectivity index (χ0) is 16.2. The van der Waals surface area contributed by atoms with Crippen molar-refractivity contribution in [2.45, 2.75) is 31.9 Å². The molecule has 0 bridgehead atoms. The molecule has 1 atom stereocenters. The van der Waals surface area contributed by atoms with Gasteiger partial charge in [-0.05, 0) is 44.4 Å². The summed E-state index contributed by atoms with van der Waals surface area (Å²) in [5, 5.41) is 21.4. The van der Waals surface area contributed by atoms with E-state index in [9.17, 15) is 5.11 Å². The Kier molecular flexibility index (Phi) is 2.92. The highest BCUT2D eigenvalue weighted by Gasteiger charge is 2.47. The monoisotopic (exact) mass is 324 g/mol. The number of thiophene rings is 1. The van der Waals surface area contributed by atoms with Gasteiger partial charge in [-0.15, -0.1) is 21.5 Å². The molecular weight excluding hydrogens is 308 g/mol. The molecule has 3 heterocycles. The quantitative estimate of drug-likeness (QED) is 0.747. The summed E-state index contributed by atoms with van der Waals surface area (Å²) >= 11 is 1.54. The van der Waals surface area contributed by atoms with Crippen molar-refractivity contribution in [2.24, 2.45) is 4.99 Å². The molecule has 0 spiro atoms. The third kappa shape index (κ3) is 2.02. The van der Waals surface area contributed by atoms with Crippen LogP contribution < -0.4 is 0 Å². The molecule has 1 unspecified atom stereocenters. The van der Waals surface area contributed by atoms with Crippen LogP contribution in [-0.4, -0.2) is 31.5 Å². The van der Waals surface area contributed by atoms with Gasteiger partial charge >= 0.3 is 0 Å². The average Bonchev–Trinajstić information content (AvgIpc) is 3.01. The van der Waals surface area contributed by atoms with Crippen LogP contribution in [0.3, 0.4) is 0 Å². The second kappa shape index (κ2) is 4.66. The summed E-state index contributed by atoms with van der Waals surface area (Å²) < 4.78 is 0. The summed E-state index contributed by atoms with van der Waals surface area (Å²) in [5.74, 6) is 0.496. The second-order valence-electron chi connectivity index (χ2n) is 6.38. The molecule has 1 aliphatic rings. The number of aliphatic hydroxyl groups is 1. The topological polar surface area (TPSA) is 71.3 Å². The molecule has 1 N–H and O–H groups in total.